The Balaban J connectivity index is 0.00000153. The number of rotatable bonds is 3. The molecule has 1 fully saturated rings. The van der Waals surface area contributed by atoms with Gasteiger partial charge in [-0.1, -0.05) is 0 Å². The summed E-state index contributed by atoms with van der Waals surface area (Å²) in [6.45, 7) is 5.21. The largest absolute Gasteiger partial charge is 0.487 e. The summed E-state index contributed by atoms with van der Waals surface area (Å²) >= 11 is 1.51. The van der Waals surface area contributed by atoms with Crippen molar-refractivity contribution in [1.29, 1.82) is 0 Å². The number of ether oxygens (including phenoxy) is 1. The van der Waals surface area contributed by atoms with E-state index in [9.17, 15) is 13.2 Å². The van der Waals surface area contributed by atoms with Crippen molar-refractivity contribution in [1.82, 2.24) is 25.1 Å². The van der Waals surface area contributed by atoms with Gasteiger partial charge >= 0.3 is 6.18 Å². The maximum absolute atomic E-state index is 12.7. The summed E-state index contributed by atoms with van der Waals surface area (Å²) in [5.41, 5.74) is 1.84. The van der Waals surface area contributed by atoms with Crippen LogP contribution in [0.3, 0.4) is 0 Å². The van der Waals surface area contributed by atoms with Gasteiger partial charge in [0.2, 0.25) is 0 Å². The number of hydrogen-bond acceptors (Lipinski definition) is 8. The van der Waals surface area contributed by atoms with Crippen LogP contribution in [0, 0.1) is 13.8 Å². The number of thiophene rings is 1. The van der Waals surface area contributed by atoms with E-state index in [4.69, 9.17) is 4.74 Å². The van der Waals surface area contributed by atoms with Crippen molar-refractivity contribution < 1.29 is 17.9 Å². The van der Waals surface area contributed by atoms with Crippen molar-refractivity contribution in [2.45, 2.75) is 32.5 Å². The molecule has 0 amide bonds. The number of hydrogen-bond donors (Lipinski definition) is 0. The highest BCUT2D eigenvalue weighted by Crippen LogP contribution is 2.39. The molecule has 0 radical (unpaired) electrons. The van der Waals surface area contributed by atoms with Crippen LogP contribution in [0.25, 0.3) is 20.4 Å². The fourth-order valence-corrected chi connectivity index (χ4v) is 4.87. The van der Waals surface area contributed by atoms with Crippen LogP contribution in [0.4, 0.5) is 19.0 Å². The average Bonchev–Trinajstić information content (AvgIpc) is 3.35. The molecule has 4 aromatic rings. The molecule has 1 atom stereocenters. The van der Waals surface area contributed by atoms with Crippen LogP contribution in [-0.4, -0.2) is 44.3 Å². The Hall–Kier alpha value is -2.50. The van der Waals surface area contributed by atoms with Gasteiger partial charge in [0.15, 0.2) is 0 Å². The van der Waals surface area contributed by atoms with E-state index < -0.39 is 11.9 Å². The molecular weight excluding hydrogens is 500 g/mol. The maximum Gasteiger partial charge on any atom is 0.433 e. The first-order valence-corrected chi connectivity index (χ1v) is 10.4. The van der Waals surface area contributed by atoms with Gasteiger partial charge in [0.1, 0.15) is 34.5 Å². The first kappa shape index (κ1) is 25.1. The molecule has 0 saturated carbocycles. The monoisotopic (exact) mass is 518 g/mol. The standard InChI is InChI=1S/C20H17F3N6OS.2ClH/c1-10-11(2)27-28-19-15(10)16-17(31-19)18(26-9-25-16)29-6-5-13(8-29)30-12-3-4-14(24-7-12)20(21,22)23;;/h3-4,7,9,13H,5-6,8H2,1-2H3;2*1H/t13-;;/m0../s1. The Morgan fingerprint density at radius 2 is 1.88 bits per heavy atom. The van der Waals surface area contributed by atoms with Crippen LogP contribution < -0.4 is 9.64 Å². The van der Waals surface area contributed by atoms with Crippen molar-refractivity contribution in [3.8, 4) is 5.75 Å². The molecule has 0 spiro atoms. The second-order valence-corrected chi connectivity index (χ2v) is 8.42. The van der Waals surface area contributed by atoms with E-state index in [1.54, 1.807) is 6.33 Å². The smallest absolute Gasteiger partial charge is 0.433 e. The van der Waals surface area contributed by atoms with Crippen LogP contribution in [0.1, 0.15) is 23.4 Å². The molecule has 33 heavy (non-hydrogen) atoms. The predicted molar refractivity (Wildman–Crippen MR) is 125 cm³/mol. The van der Waals surface area contributed by atoms with Crippen LogP contribution in [0.5, 0.6) is 5.75 Å². The number of aromatic nitrogens is 5. The van der Waals surface area contributed by atoms with Crippen molar-refractivity contribution in [3.63, 3.8) is 0 Å². The second kappa shape index (κ2) is 9.40. The molecule has 0 aliphatic carbocycles. The zero-order valence-corrected chi connectivity index (χ0v) is 19.9. The molecule has 7 nitrogen and oxygen atoms in total. The number of pyridine rings is 1. The summed E-state index contributed by atoms with van der Waals surface area (Å²) in [6, 6.07) is 2.23. The lowest BCUT2D eigenvalue weighted by molar-refractivity contribution is -0.141. The lowest BCUT2D eigenvalue weighted by atomic mass is 10.1. The number of alkyl halides is 3. The minimum absolute atomic E-state index is 0. The molecule has 4 aromatic heterocycles. The molecule has 5 heterocycles. The number of anilines is 1. The van der Waals surface area contributed by atoms with Crippen LogP contribution >= 0.6 is 36.2 Å². The second-order valence-electron chi connectivity index (χ2n) is 7.42. The fourth-order valence-electron chi connectivity index (χ4n) is 3.72. The normalized spacial score (nSPS) is 16.0. The summed E-state index contributed by atoms with van der Waals surface area (Å²) in [5, 5.41) is 9.52. The van der Waals surface area contributed by atoms with E-state index in [0.29, 0.717) is 18.8 Å². The molecule has 13 heteroatoms. The Morgan fingerprint density at radius 3 is 2.58 bits per heavy atom. The number of aryl methyl sites for hydroxylation is 2. The van der Waals surface area contributed by atoms with Crippen molar-refractivity contribution in [2.24, 2.45) is 0 Å². The highest BCUT2D eigenvalue weighted by atomic mass is 35.5. The summed E-state index contributed by atoms with van der Waals surface area (Å²) < 4.78 is 44.9. The van der Waals surface area contributed by atoms with Crippen molar-refractivity contribution in [2.75, 3.05) is 18.0 Å². The van der Waals surface area contributed by atoms with E-state index >= 15 is 0 Å². The minimum atomic E-state index is -4.47. The third-order valence-corrected chi connectivity index (χ3v) is 6.48. The molecule has 0 aromatic carbocycles. The Labute approximate surface area is 203 Å². The summed E-state index contributed by atoms with van der Waals surface area (Å²) in [5.74, 6) is 1.12. The zero-order valence-electron chi connectivity index (χ0n) is 17.5. The van der Waals surface area contributed by atoms with E-state index in [1.807, 2.05) is 13.8 Å². The quantitative estimate of drug-likeness (QED) is 0.370. The SMILES string of the molecule is Cc1nnc2sc3c(N4CC[C@H](Oc5ccc(C(F)(F)F)nc5)C4)ncnc3c2c1C.Cl.Cl. The predicted octanol–water partition coefficient (Wildman–Crippen LogP) is 5.17. The maximum atomic E-state index is 12.7. The molecule has 176 valence electrons. The molecular formula is C20H19Cl2F3N6OS. The van der Waals surface area contributed by atoms with Gasteiger partial charge in [0.25, 0.3) is 0 Å². The van der Waals surface area contributed by atoms with Gasteiger partial charge in [0.05, 0.1) is 28.7 Å². The third-order valence-electron chi connectivity index (χ3n) is 5.42. The van der Waals surface area contributed by atoms with Crippen LogP contribution in [-0.2, 0) is 6.18 Å². The first-order valence-electron chi connectivity index (χ1n) is 9.63. The highest BCUT2D eigenvalue weighted by Gasteiger charge is 2.32. The van der Waals surface area contributed by atoms with E-state index in [2.05, 4.69) is 30.0 Å². The number of nitrogens with zero attached hydrogens (tertiary/aromatic N) is 6. The van der Waals surface area contributed by atoms with Gasteiger partial charge in [-0.2, -0.15) is 18.3 Å². The van der Waals surface area contributed by atoms with Crippen LogP contribution in [0.15, 0.2) is 24.7 Å². The van der Waals surface area contributed by atoms with Crippen molar-refractivity contribution in [3.05, 3.63) is 41.6 Å². The van der Waals surface area contributed by atoms with Gasteiger partial charge in [-0.25, -0.2) is 15.0 Å². The summed E-state index contributed by atoms with van der Waals surface area (Å²) in [7, 11) is 0. The third kappa shape index (κ3) is 4.62. The minimum Gasteiger partial charge on any atom is -0.487 e. The molecule has 0 bridgehead atoms. The van der Waals surface area contributed by atoms with Crippen molar-refractivity contribution >= 4 is 62.4 Å². The topological polar surface area (TPSA) is 76.9 Å². The Morgan fingerprint density at radius 1 is 1.09 bits per heavy atom. The molecule has 1 aliphatic rings. The van der Waals surface area contributed by atoms with Crippen LogP contribution in [0.2, 0.25) is 0 Å². The summed E-state index contributed by atoms with van der Waals surface area (Å²) in [4.78, 5) is 15.4. The van der Waals surface area contributed by atoms with Gasteiger partial charge in [-0.05, 0) is 31.5 Å². The first-order chi connectivity index (χ1) is 14.8. The highest BCUT2D eigenvalue weighted by molar-refractivity contribution is 7.26. The van der Waals surface area contributed by atoms with E-state index in [1.165, 1.54) is 17.4 Å². The number of halogens is 5. The molecule has 0 unspecified atom stereocenters. The molecule has 1 saturated heterocycles. The summed E-state index contributed by atoms with van der Waals surface area (Å²) in [6.07, 6.45) is -1.26. The van der Waals surface area contributed by atoms with Gasteiger partial charge < -0.3 is 9.64 Å². The average molecular weight is 519 g/mol. The Bertz CT molecular complexity index is 1290. The van der Waals surface area contributed by atoms with E-state index in [0.717, 1.165) is 56.2 Å². The molecule has 0 N–H and O–H groups in total. The molecule has 5 rings (SSSR count). The zero-order chi connectivity index (χ0) is 21.8. The lowest BCUT2D eigenvalue weighted by Crippen LogP contribution is -2.25. The van der Waals surface area contributed by atoms with Gasteiger partial charge in [0, 0.05) is 18.4 Å². The van der Waals surface area contributed by atoms with Gasteiger partial charge in [-0.15, -0.1) is 41.2 Å². The Kier molecular flexibility index (Phi) is 7.15. The fraction of sp³-hybridized carbons (Fsp3) is 0.350. The molecule has 1 aliphatic heterocycles. The van der Waals surface area contributed by atoms with E-state index in [-0.39, 0.29) is 30.9 Å². The van der Waals surface area contributed by atoms with Gasteiger partial charge in [-0.3, -0.25) is 0 Å². The number of fused-ring (bicyclic) bond motifs is 3. The lowest BCUT2D eigenvalue weighted by Gasteiger charge is -2.18.